The second-order valence-corrected chi connectivity index (χ2v) is 7.03. The summed E-state index contributed by atoms with van der Waals surface area (Å²) in [5.74, 6) is 0.546. The fraction of sp³-hybridized carbons (Fsp3) is 0.350. The van der Waals surface area contributed by atoms with Crippen molar-refractivity contribution in [2.45, 2.75) is 31.2 Å². The lowest BCUT2D eigenvalue weighted by Gasteiger charge is -2.34. The number of aromatic nitrogens is 3. The molecule has 2 aromatic heterocycles. The van der Waals surface area contributed by atoms with E-state index in [2.05, 4.69) is 9.97 Å². The van der Waals surface area contributed by atoms with E-state index in [9.17, 15) is 9.18 Å². The summed E-state index contributed by atoms with van der Waals surface area (Å²) in [7, 11) is 0. The number of amides is 1. The molecule has 27 heavy (non-hydrogen) atoms. The summed E-state index contributed by atoms with van der Waals surface area (Å²) in [5.41, 5.74) is 8.14. The number of hydrogen-bond acceptors (Lipinski definition) is 4. The zero-order valence-electron chi connectivity index (χ0n) is 15.0. The van der Waals surface area contributed by atoms with E-state index in [4.69, 9.17) is 5.73 Å². The average Bonchev–Trinajstić information content (AvgIpc) is 3.18. The van der Waals surface area contributed by atoms with Crippen molar-refractivity contribution in [2.24, 2.45) is 5.73 Å². The first-order valence-electron chi connectivity index (χ1n) is 9.18. The maximum atomic E-state index is 13.0. The minimum absolute atomic E-state index is 0.0556. The largest absolute Gasteiger partial charge is 0.341 e. The van der Waals surface area contributed by atoms with E-state index < -0.39 is 6.04 Å². The average molecular weight is 367 g/mol. The molecule has 1 aromatic carbocycles. The van der Waals surface area contributed by atoms with E-state index in [1.165, 1.54) is 12.1 Å². The van der Waals surface area contributed by atoms with Gasteiger partial charge in [-0.2, -0.15) is 0 Å². The number of nitrogens with two attached hydrogens (primary N) is 1. The van der Waals surface area contributed by atoms with E-state index in [1.54, 1.807) is 24.5 Å². The van der Waals surface area contributed by atoms with Crippen LogP contribution >= 0.6 is 0 Å². The number of piperidine rings is 1. The number of fused-ring (bicyclic) bond motifs is 1. The van der Waals surface area contributed by atoms with Gasteiger partial charge >= 0.3 is 0 Å². The predicted octanol–water partition coefficient (Wildman–Crippen LogP) is 2.14. The number of imidazole rings is 1. The molecule has 2 atom stereocenters. The second kappa shape index (κ2) is 7.44. The van der Waals surface area contributed by atoms with E-state index >= 15 is 0 Å². The highest BCUT2D eigenvalue weighted by atomic mass is 19.1. The molecular weight excluding hydrogens is 345 g/mol. The summed E-state index contributed by atoms with van der Waals surface area (Å²) in [4.78, 5) is 23.2. The molecule has 1 aliphatic heterocycles. The van der Waals surface area contributed by atoms with Crippen molar-refractivity contribution >= 4 is 11.7 Å². The first-order valence-corrected chi connectivity index (χ1v) is 9.18. The monoisotopic (exact) mass is 367 g/mol. The fourth-order valence-electron chi connectivity index (χ4n) is 3.80. The quantitative estimate of drug-likeness (QED) is 0.767. The molecule has 6 nitrogen and oxygen atoms in total. The number of likely N-dealkylation sites (tertiary alicyclic amines) is 1. The summed E-state index contributed by atoms with van der Waals surface area (Å²) in [6.07, 6.45) is 7.74. The van der Waals surface area contributed by atoms with Crippen LogP contribution in [0, 0.1) is 5.82 Å². The van der Waals surface area contributed by atoms with E-state index in [1.807, 2.05) is 21.6 Å². The van der Waals surface area contributed by atoms with Crippen molar-refractivity contribution in [3.05, 3.63) is 66.0 Å². The molecule has 0 spiro atoms. The molecule has 140 valence electrons. The van der Waals surface area contributed by atoms with Gasteiger partial charge in [-0.15, -0.1) is 0 Å². The number of hydrogen-bond donors (Lipinski definition) is 1. The summed E-state index contributed by atoms with van der Waals surface area (Å²) < 4.78 is 15.0. The van der Waals surface area contributed by atoms with Crippen LogP contribution in [0.5, 0.6) is 0 Å². The van der Waals surface area contributed by atoms with E-state index in [0.717, 1.165) is 24.1 Å². The molecule has 4 rings (SSSR count). The Morgan fingerprint density at radius 3 is 2.81 bits per heavy atom. The molecule has 0 unspecified atom stereocenters. The lowest BCUT2D eigenvalue weighted by Crippen LogP contribution is -2.48. The van der Waals surface area contributed by atoms with Crippen LogP contribution in [0.2, 0.25) is 0 Å². The lowest BCUT2D eigenvalue weighted by molar-refractivity contribution is -0.133. The Morgan fingerprint density at radius 1 is 1.22 bits per heavy atom. The van der Waals surface area contributed by atoms with Gasteiger partial charge in [0.1, 0.15) is 5.82 Å². The molecule has 1 aliphatic rings. The van der Waals surface area contributed by atoms with Gasteiger partial charge in [-0.3, -0.25) is 9.20 Å². The van der Waals surface area contributed by atoms with Crippen molar-refractivity contribution in [3.63, 3.8) is 0 Å². The molecule has 0 radical (unpaired) electrons. The number of benzene rings is 1. The van der Waals surface area contributed by atoms with Gasteiger partial charge in [0.2, 0.25) is 11.7 Å². The van der Waals surface area contributed by atoms with E-state index in [0.29, 0.717) is 25.3 Å². The minimum atomic E-state index is -0.625. The van der Waals surface area contributed by atoms with Gasteiger partial charge in [-0.25, -0.2) is 14.4 Å². The van der Waals surface area contributed by atoms with Crippen LogP contribution in [0.15, 0.2) is 48.9 Å². The Bertz CT molecular complexity index is 939. The first-order chi connectivity index (χ1) is 13.1. The van der Waals surface area contributed by atoms with Gasteiger partial charge in [0, 0.05) is 43.3 Å². The zero-order chi connectivity index (χ0) is 18.8. The van der Waals surface area contributed by atoms with Crippen LogP contribution in [0.4, 0.5) is 4.39 Å². The van der Waals surface area contributed by atoms with Crippen LogP contribution < -0.4 is 5.73 Å². The normalized spacial score (nSPS) is 18.6. The van der Waals surface area contributed by atoms with Crippen LogP contribution in [0.25, 0.3) is 5.78 Å². The number of carbonyl (C=O) groups excluding carboxylic acids is 1. The van der Waals surface area contributed by atoms with Gasteiger partial charge in [0.15, 0.2) is 0 Å². The Balaban J connectivity index is 1.46. The molecule has 0 aliphatic carbocycles. The Hall–Kier alpha value is -2.80. The third-order valence-electron chi connectivity index (χ3n) is 5.17. The number of halogens is 1. The second-order valence-electron chi connectivity index (χ2n) is 7.03. The third kappa shape index (κ3) is 3.68. The fourth-order valence-corrected chi connectivity index (χ4v) is 3.80. The summed E-state index contributed by atoms with van der Waals surface area (Å²) in [6.45, 7) is 1.35. The number of carbonyl (C=O) groups is 1. The van der Waals surface area contributed by atoms with Crippen molar-refractivity contribution in [1.29, 1.82) is 0 Å². The molecule has 0 saturated carbocycles. The SMILES string of the molecule is N[C@H](Cc1ccc(F)cc1)C(=O)N1CCC[C@H](c2ccnc3nccn23)C1. The summed E-state index contributed by atoms with van der Waals surface area (Å²) >= 11 is 0. The van der Waals surface area contributed by atoms with Gasteiger partial charge in [0.25, 0.3) is 0 Å². The van der Waals surface area contributed by atoms with Gasteiger partial charge in [0.05, 0.1) is 6.04 Å². The molecule has 1 amide bonds. The maximum absolute atomic E-state index is 13.0. The highest BCUT2D eigenvalue weighted by molar-refractivity contribution is 5.82. The maximum Gasteiger partial charge on any atom is 0.239 e. The molecule has 1 fully saturated rings. The standard InChI is InChI=1S/C20H22FN5O/c21-16-5-3-14(4-6-16)12-17(22)19(27)25-10-1-2-15(13-25)18-7-8-23-20-24-9-11-26(18)20/h3-9,11,15,17H,1-2,10,12-13,22H2/t15-,17+/m0/s1. The van der Waals surface area contributed by atoms with Crippen LogP contribution in [-0.2, 0) is 11.2 Å². The number of rotatable bonds is 4. The lowest BCUT2D eigenvalue weighted by atomic mass is 9.93. The Kier molecular flexibility index (Phi) is 4.85. The van der Waals surface area contributed by atoms with Gasteiger partial charge in [-0.05, 0) is 43.0 Å². The van der Waals surface area contributed by atoms with E-state index in [-0.39, 0.29) is 17.6 Å². The van der Waals surface area contributed by atoms with Crippen LogP contribution in [0.3, 0.4) is 0 Å². The molecule has 0 bridgehead atoms. The Morgan fingerprint density at radius 2 is 2.00 bits per heavy atom. The predicted molar refractivity (Wildman–Crippen MR) is 99.6 cm³/mol. The van der Waals surface area contributed by atoms with Crippen LogP contribution in [0.1, 0.15) is 30.0 Å². The highest BCUT2D eigenvalue weighted by Crippen LogP contribution is 2.27. The molecule has 1 saturated heterocycles. The summed E-state index contributed by atoms with van der Waals surface area (Å²) in [6, 6.07) is 7.50. The summed E-state index contributed by atoms with van der Waals surface area (Å²) in [5, 5.41) is 0. The molecule has 2 N–H and O–H groups in total. The highest BCUT2D eigenvalue weighted by Gasteiger charge is 2.29. The van der Waals surface area contributed by atoms with Crippen molar-refractivity contribution in [3.8, 4) is 0 Å². The Labute approximate surface area is 156 Å². The van der Waals surface area contributed by atoms with Crippen molar-refractivity contribution in [1.82, 2.24) is 19.3 Å². The number of nitrogens with zero attached hydrogens (tertiary/aromatic N) is 4. The molecular formula is C20H22FN5O. The molecule has 3 aromatic rings. The zero-order valence-corrected chi connectivity index (χ0v) is 15.0. The topological polar surface area (TPSA) is 76.5 Å². The van der Waals surface area contributed by atoms with Crippen molar-refractivity contribution in [2.75, 3.05) is 13.1 Å². The van der Waals surface area contributed by atoms with Crippen molar-refractivity contribution < 1.29 is 9.18 Å². The molecule has 3 heterocycles. The van der Waals surface area contributed by atoms with Crippen LogP contribution in [-0.4, -0.2) is 44.3 Å². The first kappa shape index (κ1) is 17.6. The van der Waals surface area contributed by atoms with Gasteiger partial charge < -0.3 is 10.6 Å². The third-order valence-corrected chi connectivity index (χ3v) is 5.17. The van der Waals surface area contributed by atoms with Gasteiger partial charge in [-0.1, -0.05) is 12.1 Å². The molecule has 7 heteroatoms. The smallest absolute Gasteiger partial charge is 0.239 e. The minimum Gasteiger partial charge on any atom is -0.341 e.